The first kappa shape index (κ1) is 14.5. The smallest absolute Gasteiger partial charge is 0.221 e. The van der Waals surface area contributed by atoms with Gasteiger partial charge in [0.2, 0.25) is 5.91 Å². The minimum atomic E-state index is -0.166. The molecular formula is C12H16BrNO2S. The normalized spacial score (nSPS) is 12.2. The van der Waals surface area contributed by atoms with Crippen molar-refractivity contribution in [3.8, 4) is 0 Å². The molecular weight excluding hydrogens is 302 g/mol. The van der Waals surface area contributed by atoms with Gasteiger partial charge in [0.25, 0.3) is 0 Å². The zero-order valence-corrected chi connectivity index (χ0v) is 12.1. The third-order valence-corrected chi connectivity index (χ3v) is 3.64. The Morgan fingerprint density at radius 3 is 2.71 bits per heavy atom. The van der Waals surface area contributed by atoms with Crippen LogP contribution in [0.5, 0.6) is 0 Å². The summed E-state index contributed by atoms with van der Waals surface area (Å²) in [5.74, 6) is 0.724. The van der Waals surface area contributed by atoms with Crippen LogP contribution in [0.3, 0.4) is 0 Å². The van der Waals surface area contributed by atoms with Gasteiger partial charge in [-0.3, -0.25) is 4.79 Å². The molecule has 3 nitrogen and oxygen atoms in total. The number of thioether (sulfide) groups is 1. The number of aliphatic hydroxyl groups is 1. The zero-order valence-electron chi connectivity index (χ0n) is 9.65. The number of rotatable bonds is 6. The molecule has 0 heterocycles. The number of hydrogen-bond donors (Lipinski definition) is 2. The lowest BCUT2D eigenvalue weighted by atomic mass is 10.3. The predicted molar refractivity (Wildman–Crippen MR) is 74.2 cm³/mol. The summed E-state index contributed by atoms with van der Waals surface area (Å²) in [5, 5.41) is 11.5. The molecule has 0 saturated heterocycles. The lowest BCUT2D eigenvalue weighted by Crippen LogP contribution is -2.35. The molecule has 0 aromatic heterocycles. The third kappa shape index (κ3) is 6.10. The van der Waals surface area contributed by atoms with Gasteiger partial charge in [0.05, 0.1) is 6.61 Å². The fourth-order valence-electron chi connectivity index (χ4n) is 1.19. The number of aliphatic hydroxyl groups excluding tert-OH is 1. The molecule has 0 spiro atoms. The maximum atomic E-state index is 11.4. The van der Waals surface area contributed by atoms with E-state index in [1.165, 1.54) is 0 Å². The van der Waals surface area contributed by atoms with Crippen molar-refractivity contribution in [1.29, 1.82) is 0 Å². The Balaban J connectivity index is 2.23. The number of nitrogens with one attached hydrogen (secondary N) is 1. The summed E-state index contributed by atoms with van der Waals surface area (Å²) in [6.07, 6.45) is 0.463. The van der Waals surface area contributed by atoms with Crippen molar-refractivity contribution in [2.24, 2.45) is 0 Å². The average molecular weight is 318 g/mol. The summed E-state index contributed by atoms with van der Waals surface area (Å²) in [6.45, 7) is 1.76. The van der Waals surface area contributed by atoms with Crippen molar-refractivity contribution in [3.63, 3.8) is 0 Å². The van der Waals surface area contributed by atoms with Crippen LogP contribution < -0.4 is 5.32 Å². The van der Waals surface area contributed by atoms with Crippen LogP contribution >= 0.6 is 27.7 Å². The van der Waals surface area contributed by atoms with E-state index in [-0.39, 0.29) is 18.6 Å². The summed E-state index contributed by atoms with van der Waals surface area (Å²) in [5.41, 5.74) is 0. The Kier molecular flexibility index (Phi) is 6.62. The van der Waals surface area contributed by atoms with E-state index in [2.05, 4.69) is 21.2 Å². The highest BCUT2D eigenvalue weighted by atomic mass is 79.9. The highest BCUT2D eigenvalue weighted by Gasteiger charge is 2.05. The van der Waals surface area contributed by atoms with Crippen LogP contribution in [0.1, 0.15) is 13.3 Å². The largest absolute Gasteiger partial charge is 0.394 e. The van der Waals surface area contributed by atoms with Gasteiger partial charge in [0.1, 0.15) is 0 Å². The molecule has 1 rings (SSSR count). The number of benzene rings is 1. The number of amides is 1. The van der Waals surface area contributed by atoms with E-state index in [4.69, 9.17) is 5.11 Å². The quantitative estimate of drug-likeness (QED) is 0.792. The molecule has 0 bridgehead atoms. The van der Waals surface area contributed by atoms with Gasteiger partial charge in [-0.1, -0.05) is 15.9 Å². The molecule has 1 aromatic carbocycles. The fraction of sp³-hybridized carbons (Fsp3) is 0.417. The van der Waals surface area contributed by atoms with Crippen LogP contribution in [0.25, 0.3) is 0 Å². The molecule has 1 unspecified atom stereocenters. The van der Waals surface area contributed by atoms with Crippen LogP contribution in [0, 0.1) is 0 Å². The molecule has 0 aliphatic rings. The second kappa shape index (κ2) is 7.74. The van der Waals surface area contributed by atoms with Crippen molar-refractivity contribution in [3.05, 3.63) is 28.7 Å². The number of hydrogen-bond acceptors (Lipinski definition) is 3. The standard InChI is InChI=1S/C12H16BrNO2S/c1-9(8-15)14-12(16)6-7-17-11-4-2-10(13)3-5-11/h2-5,9,15H,6-8H2,1H3,(H,14,16). The number of halogens is 1. The molecule has 0 aliphatic carbocycles. The summed E-state index contributed by atoms with van der Waals surface area (Å²) >= 11 is 5.02. The van der Waals surface area contributed by atoms with Crippen LogP contribution in [0.4, 0.5) is 0 Å². The Morgan fingerprint density at radius 2 is 2.12 bits per heavy atom. The van der Waals surface area contributed by atoms with Gasteiger partial charge in [-0.2, -0.15) is 0 Å². The van der Waals surface area contributed by atoms with Crippen molar-refractivity contribution in [1.82, 2.24) is 5.32 Å². The highest BCUT2D eigenvalue weighted by molar-refractivity contribution is 9.10. The van der Waals surface area contributed by atoms with Crippen LogP contribution in [0.15, 0.2) is 33.6 Å². The molecule has 0 aliphatic heterocycles. The molecule has 0 fully saturated rings. The van der Waals surface area contributed by atoms with E-state index in [9.17, 15) is 4.79 Å². The van der Waals surface area contributed by atoms with Gasteiger partial charge in [-0.05, 0) is 31.2 Å². The van der Waals surface area contributed by atoms with Crippen molar-refractivity contribution >= 4 is 33.6 Å². The zero-order chi connectivity index (χ0) is 12.7. The first-order valence-corrected chi connectivity index (χ1v) is 7.18. The van der Waals surface area contributed by atoms with Gasteiger partial charge in [0.15, 0.2) is 0 Å². The van der Waals surface area contributed by atoms with Crippen molar-refractivity contribution in [2.45, 2.75) is 24.3 Å². The minimum absolute atomic E-state index is 0.0174. The second-order valence-corrected chi connectivity index (χ2v) is 5.79. The van der Waals surface area contributed by atoms with Gasteiger partial charge >= 0.3 is 0 Å². The maximum Gasteiger partial charge on any atom is 0.221 e. The van der Waals surface area contributed by atoms with Gasteiger partial charge in [-0.25, -0.2) is 0 Å². The first-order valence-electron chi connectivity index (χ1n) is 5.40. The van der Waals surface area contributed by atoms with Gasteiger partial charge in [-0.15, -0.1) is 11.8 Å². The minimum Gasteiger partial charge on any atom is -0.394 e. The van der Waals surface area contributed by atoms with E-state index in [0.717, 1.165) is 15.1 Å². The first-order chi connectivity index (χ1) is 8.11. The van der Waals surface area contributed by atoms with Crippen LogP contribution in [-0.4, -0.2) is 29.4 Å². The average Bonchev–Trinajstić information content (AvgIpc) is 2.31. The van der Waals surface area contributed by atoms with Crippen LogP contribution in [0.2, 0.25) is 0 Å². The third-order valence-electron chi connectivity index (χ3n) is 2.09. The molecule has 0 radical (unpaired) electrons. The topological polar surface area (TPSA) is 49.3 Å². The lowest BCUT2D eigenvalue weighted by Gasteiger charge is -2.10. The monoisotopic (exact) mass is 317 g/mol. The van der Waals surface area contributed by atoms with E-state index < -0.39 is 0 Å². The predicted octanol–water partition coefficient (Wildman–Crippen LogP) is 2.43. The summed E-state index contributed by atoms with van der Waals surface area (Å²) in [4.78, 5) is 12.6. The molecule has 2 N–H and O–H groups in total. The van der Waals surface area contributed by atoms with Gasteiger partial charge < -0.3 is 10.4 Å². The second-order valence-electron chi connectivity index (χ2n) is 3.70. The Hall–Kier alpha value is -0.520. The van der Waals surface area contributed by atoms with E-state index >= 15 is 0 Å². The van der Waals surface area contributed by atoms with E-state index in [1.807, 2.05) is 24.3 Å². The molecule has 1 atom stereocenters. The van der Waals surface area contributed by atoms with Crippen molar-refractivity contribution < 1.29 is 9.90 Å². The molecule has 5 heteroatoms. The maximum absolute atomic E-state index is 11.4. The summed E-state index contributed by atoms with van der Waals surface area (Å²) in [6, 6.07) is 7.83. The number of carbonyl (C=O) groups excluding carboxylic acids is 1. The Bertz CT molecular complexity index is 356. The molecule has 17 heavy (non-hydrogen) atoms. The molecule has 1 aromatic rings. The van der Waals surface area contributed by atoms with Crippen molar-refractivity contribution in [2.75, 3.05) is 12.4 Å². The SMILES string of the molecule is CC(CO)NC(=O)CCSc1ccc(Br)cc1. The molecule has 94 valence electrons. The Morgan fingerprint density at radius 1 is 1.47 bits per heavy atom. The van der Waals surface area contributed by atoms with Gasteiger partial charge in [0, 0.05) is 27.6 Å². The fourth-order valence-corrected chi connectivity index (χ4v) is 2.30. The Labute approximate surface area is 114 Å². The number of carbonyl (C=O) groups is 1. The summed E-state index contributed by atoms with van der Waals surface area (Å²) < 4.78 is 1.05. The summed E-state index contributed by atoms with van der Waals surface area (Å²) in [7, 11) is 0. The molecule has 0 saturated carbocycles. The van der Waals surface area contributed by atoms with E-state index in [1.54, 1.807) is 18.7 Å². The molecule has 1 amide bonds. The van der Waals surface area contributed by atoms with E-state index in [0.29, 0.717) is 6.42 Å². The van der Waals surface area contributed by atoms with Crippen LogP contribution in [-0.2, 0) is 4.79 Å². The lowest BCUT2D eigenvalue weighted by molar-refractivity contribution is -0.121. The highest BCUT2D eigenvalue weighted by Crippen LogP contribution is 2.21.